The summed E-state index contributed by atoms with van der Waals surface area (Å²) in [7, 11) is -3.82. The highest BCUT2D eigenvalue weighted by atomic mass is 32.2. The Labute approximate surface area is 192 Å². The topological polar surface area (TPSA) is 108 Å². The molecule has 2 aromatic carbocycles. The van der Waals surface area contributed by atoms with E-state index in [2.05, 4.69) is 10.6 Å². The summed E-state index contributed by atoms with van der Waals surface area (Å²) in [6.45, 7) is 4.52. The summed E-state index contributed by atoms with van der Waals surface area (Å²) in [6.07, 6.45) is -0.556. The molecule has 9 nitrogen and oxygen atoms in total. The van der Waals surface area contributed by atoms with Crippen molar-refractivity contribution in [2.75, 3.05) is 50.0 Å². The Kier molecular flexibility index (Phi) is 7.88. The molecule has 1 fully saturated rings. The van der Waals surface area contributed by atoms with E-state index in [9.17, 15) is 22.4 Å². The molecule has 0 spiro atoms. The number of hydrogen-bond donors (Lipinski definition) is 2. The van der Waals surface area contributed by atoms with Crippen LogP contribution in [-0.4, -0.2) is 69.0 Å². The van der Waals surface area contributed by atoms with Gasteiger partial charge in [0.15, 0.2) is 0 Å². The Morgan fingerprint density at radius 1 is 1.06 bits per heavy atom. The number of amides is 2. The number of carbonyl (C=O) groups excluding carboxylic acids is 2. The maximum absolute atomic E-state index is 13.4. The van der Waals surface area contributed by atoms with Gasteiger partial charge >= 0.3 is 6.09 Å². The Balaban J connectivity index is 1.55. The van der Waals surface area contributed by atoms with Crippen molar-refractivity contribution in [2.24, 2.45) is 0 Å². The van der Waals surface area contributed by atoms with Crippen molar-refractivity contribution >= 4 is 33.4 Å². The second kappa shape index (κ2) is 10.6. The van der Waals surface area contributed by atoms with Gasteiger partial charge in [-0.2, -0.15) is 4.31 Å². The lowest BCUT2D eigenvalue weighted by Gasteiger charge is -2.34. The maximum atomic E-state index is 13.4. The molecule has 1 saturated heterocycles. The molecule has 11 heteroatoms. The zero-order valence-electron chi connectivity index (χ0n) is 18.5. The highest BCUT2D eigenvalue weighted by Gasteiger charge is 2.30. The number of sulfonamides is 1. The molecule has 2 N–H and O–H groups in total. The lowest BCUT2D eigenvalue weighted by molar-refractivity contribution is -0.130. The first-order valence-corrected chi connectivity index (χ1v) is 12.0. The van der Waals surface area contributed by atoms with Crippen LogP contribution in [-0.2, 0) is 19.6 Å². The van der Waals surface area contributed by atoms with Gasteiger partial charge in [0.25, 0.3) is 0 Å². The van der Waals surface area contributed by atoms with Crippen LogP contribution in [0, 0.1) is 12.7 Å². The van der Waals surface area contributed by atoms with Gasteiger partial charge in [-0.25, -0.2) is 17.6 Å². The first kappa shape index (κ1) is 24.5. The molecule has 0 radical (unpaired) electrons. The lowest BCUT2D eigenvalue weighted by atomic mass is 10.1. The molecule has 0 aliphatic carbocycles. The van der Waals surface area contributed by atoms with Crippen LogP contribution in [0.4, 0.5) is 20.6 Å². The quantitative estimate of drug-likeness (QED) is 0.634. The third-order valence-corrected chi connectivity index (χ3v) is 7.20. The monoisotopic (exact) mass is 478 g/mol. The highest BCUT2D eigenvalue weighted by molar-refractivity contribution is 7.89. The van der Waals surface area contributed by atoms with Gasteiger partial charge in [0.05, 0.1) is 18.0 Å². The number of nitrogens with zero attached hydrogens (tertiary/aromatic N) is 2. The van der Waals surface area contributed by atoms with Gasteiger partial charge < -0.3 is 15.0 Å². The maximum Gasteiger partial charge on any atom is 0.411 e. The number of ether oxygens (including phenoxy) is 1. The minimum Gasteiger partial charge on any atom is -0.450 e. The van der Waals surface area contributed by atoms with Crippen molar-refractivity contribution in [3.05, 3.63) is 53.8 Å². The van der Waals surface area contributed by atoms with E-state index < -0.39 is 21.9 Å². The number of rotatable bonds is 7. The summed E-state index contributed by atoms with van der Waals surface area (Å²) < 4.78 is 45.0. The molecule has 1 aliphatic rings. The number of hydrogen-bond acceptors (Lipinski definition) is 6. The van der Waals surface area contributed by atoms with Crippen molar-refractivity contribution < 1.29 is 27.1 Å². The van der Waals surface area contributed by atoms with Crippen LogP contribution in [0.3, 0.4) is 0 Å². The summed E-state index contributed by atoms with van der Waals surface area (Å²) >= 11 is 0. The number of carbonyl (C=O) groups is 2. The second-order valence-corrected chi connectivity index (χ2v) is 9.36. The first-order chi connectivity index (χ1) is 15.7. The van der Waals surface area contributed by atoms with Crippen molar-refractivity contribution in [1.29, 1.82) is 0 Å². The van der Waals surface area contributed by atoms with Crippen molar-refractivity contribution in [3.8, 4) is 0 Å². The van der Waals surface area contributed by atoms with Crippen molar-refractivity contribution in [2.45, 2.75) is 18.7 Å². The molecule has 2 amide bonds. The molecular weight excluding hydrogens is 451 g/mol. The normalized spacial score (nSPS) is 14.6. The van der Waals surface area contributed by atoms with Gasteiger partial charge in [0, 0.05) is 37.6 Å². The average Bonchev–Trinajstić information content (AvgIpc) is 2.79. The molecule has 0 aromatic heterocycles. The SMILES string of the molecule is CCOC(=O)Nc1cccc(NCC(=O)N2CCN(S(=O)(=O)c3cccc(F)c3)CC2)c1C. The summed E-state index contributed by atoms with van der Waals surface area (Å²) in [5, 5.41) is 5.73. The zero-order chi connectivity index (χ0) is 24.0. The standard InChI is InChI=1S/C22H27FN4O5S/c1-3-32-22(29)25-20-9-5-8-19(16(20)2)24-15-21(28)26-10-12-27(13-11-26)33(30,31)18-7-4-6-17(23)14-18/h4-9,14,24H,3,10-13,15H2,1-2H3,(H,25,29). The van der Waals surface area contributed by atoms with E-state index in [0.717, 1.165) is 11.6 Å². The third kappa shape index (κ3) is 5.99. The minimum atomic E-state index is -3.82. The molecule has 0 saturated carbocycles. The largest absolute Gasteiger partial charge is 0.450 e. The molecular formula is C22H27FN4O5S. The molecule has 178 valence electrons. The van der Waals surface area contributed by atoms with Crippen LogP contribution >= 0.6 is 0 Å². The molecule has 1 aliphatic heterocycles. The number of anilines is 2. The second-order valence-electron chi connectivity index (χ2n) is 7.42. The van der Waals surface area contributed by atoms with Gasteiger partial charge in [0.1, 0.15) is 5.82 Å². The number of halogens is 1. The summed E-state index contributed by atoms with van der Waals surface area (Å²) in [6, 6.07) is 10.2. The van der Waals surface area contributed by atoms with Gasteiger partial charge in [-0.05, 0) is 49.7 Å². The number of piperazine rings is 1. The predicted octanol–water partition coefficient (Wildman–Crippen LogP) is 2.65. The summed E-state index contributed by atoms with van der Waals surface area (Å²) in [5.74, 6) is -0.797. The van der Waals surface area contributed by atoms with E-state index in [-0.39, 0.29) is 50.1 Å². The fourth-order valence-electron chi connectivity index (χ4n) is 3.48. The molecule has 0 unspecified atom stereocenters. The van der Waals surface area contributed by atoms with Crippen molar-refractivity contribution in [3.63, 3.8) is 0 Å². The smallest absolute Gasteiger partial charge is 0.411 e. The van der Waals surface area contributed by atoms with Crippen LogP contribution in [0.2, 0.25) is 0 Å². The van der Waals surface area contributed by atoms with Crippen LogP contribution in [0.5, 0.6) is 0 Å². The van der Waals surface area contributed by atoms with Crippen LogP contribution in [0.1, 0.15) is 12.5 Å². The van der Waals surface area contributed by atoms with Gasteiger partial charge in [-0.3, -0.25) is 10.1 Å². The van der Waals surface area contributed by atoms with E-state index in [1.165, 1.54) is 22.5 Å². The Morgan fingerprint density at radius 3 is 2.39 bits per heavy atom. The van der Waals surface area contributed by atoms with Crippen molar-refractivity contribution in [1.82, 2.24) is 9.21 Å². The van der Waals surface area contributed by atoms with Gasteiger partial charge in [-0.15, -0.1) is 0 Å². The predicted molar refractivity (Wildman–Crippen MR) is 122 cm³/mol. The van der Waals surface area contributed by atoms with E-state index in [4.69, 9.17) is 4.74 Å². The van der Waals surface area contributed by atoms with E-state index in [1.807, 2.05) is 6.92 Å². The third-order valence-electron chi connectivity index (χ3n) is 5.30. The summed E-state index contributed by atoms with van der Waals surface area (Å²) in [4.78, 5) is 25.8. The Hall–Kier alpha value is -3.18. The first-order valence-electron chi connectivity index (χ1n) is 10.5. The zero-order valence-corrected chi connectivity index (χ0v) is 19.3. The lowest BCUT2D eigenvalue weighted by Crippen LogP contribution is -2.51. The van der Waals surface area contributed by atoms with E-state index >= 15 is 0 Å². The fraction of sp³-hybridized carbons (Fsp3) is 0.364. The number of nitrogens with one attached hydrogen (secondary N) is 2. The van der Waals surface area contributed by atoms with Gasteiger partial charge in [-0.1, -0.05) is 12.1 Å². The molecule has 0 atom stereocenters. The fourth-order valence-corrected chi connectivity index (χ4v) is 4.93. The molecule has 2 aromatic rings. The summed E-state index contributed by atoms with van der Waals surface area (Å²) in [5.41, 5.74) is 2.01. The minimum absolute atomic E-state index is 0.0142. The van der Waals surface area contributed by atoms with Crippen LogP contribution in [0.25, 0.3) is 0 Å². The molecule has 3 rings (SSSR count). The average molecular weight is 479 g/mol. The van der Waals surface area contributed by atoms with E-state index in [1.54, 1.807) is 30.0 Å². The van der Waals surface area contributed by atoms with E-state index in [0.29, 0.717) is 11.4 Å². The Morgan fingerprint density at radius 2 is 1.73 bits per heavy atom. The number of benzene rings is 2. The van der Waals surface area contributed by atoms with Crippen LogP contribution < -0.4 is 10.6 Å². The molecule has 0 bridgehead atoms. The van der Waals surface area contributed by atoms with Gasteiger partial charge in [0.2, 0.25) is 15.9 Å². The highest BCUT2D eigenvalue weighted by Crippen LogP contribution is 2.24. The molecule has 33 heavy (non-hydrogen) atoms. The molecule has 1 heterocycles. The Bertz CT molecular complexity index is 1120. The van der Waals surface area contributed by atoms with Crippen LogP contribution in [0.15, 0.2) is 47.4 Å².